The van der Waals surface area contributed by atoms with Gasteiger partial charge in [0.1, 0.15) is 25.1 Å². The molecular formula is C9H14O4. The molecule has 0 aromatic rings. The summed E-state index contributed by atoms with van der Waals surface area (Å²) >= 11 is 0. The lowest BCUT2D eigenvalue weighted by Gasteiger charge is -1.78. The summed E-state index contributed by atoms with van der Waals surface area (Å²) in [6.07, 6.45) is 5.56. The Labute approximate surface area is 77.3 Å². The van der Waals surface area contributed by atoms with E-state index in [1.54, 1.807) is 0 Å². The fraction of sp³-hybridized carbons (Fsp3) is 0.556. The van der Waals surface area contributed by atoms with E-state index in [1.165, 1.54) is 0 Å². The van der Waals surface area contributed by atoms with Crippen molar-refractivity contribution in [1.29, 1.82) is 0 Å². The van der Waals surface area contributed by atoms with Crippen LogP contribution < -0.4 is 0 Å². The Morgan fingerprint density at radius 1 is 0.538 bits per heavy atom. The van der Waals surface area contributed by atoms with E-state index in [0.717, 1.165) is 25.1 Å². The van der Waals surface area contributed by atoms with Gasteiger partial charge in [0, 0.05) is 25.7 Å². The SMILES string of the molecule is O=CCCC=O.O=CCCCC=O. The van der Waals surface area contributed by atoms with Crippen molar-refractivity contribution in [3.8, 4) is 0 Å². The van der Waals surface area contributed by atoms with E-state index in [4.69, 9.17) is 0 Å². The molecule has 0 aromatic heterocycles. The van der Waals surface area contributed by atoms with Crippen molar-refractivity contribution in [3.05, 3.63) is 0 Å². The molecule has 0 saturated heterocycles. The molecule has 0 aliphatic heterocycles. The maximum Gasteiger partial charge on any atom is 0.120 e. The van der Waals surface area contributed by atoms with E-state index < -0.39 is 0 Å². The fourth-order valence-corrected chi connectivity index (χ4v) is 0.421. The van der Waals surface area contributed by atoms with Crippen LogP contribution in [0.4, 0.5) is 0 Å². The van der Waals surface area contributed by atoms with Crippen LogP contribution in [-0.2, 0) is 19.2 Å². The van der Waals surface area contributed by atoms with Crippen molar-refractivity contribution in [1.82, 2.24) is 0 Å². The van der Waals surface area contributed by atoms with Crippen LogP contribution in [0.2, 0.25) is 0 Å². The third kappa shape index (κ3) is 24.9. The van der Waals surface area contributed by atoms with Crippen LogP contribution in [0.3, 0.4) is 0 Å². The molecule has 4 heteroatoms. The average molecular weight is 186 g/mol. The molecule has 0 atom stereocenters. The van der Waals surface area contributed by atoms with Crippen molar-refractivity contribution < 1.29 is 19.2 Å². The first-order valence-electron chi connectivity index (χ1n) is 4.08. The Morgan fingerprint density at radius 2 is 0.846 bits per heavy atom. The molecule has 4 nitrogen and oxygen atoms in total. The van der Waals surface area contributed by atoms with Crippen LogP contribution in [0, 0.1) is 0 Å². The van der Waals surface area contributed by atoms with Gasteiger partial charge in [-0.25, -0.2) is 0 Å². The minimum atomic E-state index is 0.365. The van der Waals surface area contributed by atoms with Crippen LogP contribution in [-0.4, -0.2) is 25.1 Å². The fourth-order valence-electron chi connectivity index (χ4n) is 0.421. The highest BCUT2D eigenvalue weighted by atomic mass is 16.1. The van der Waals surface area contributed by atoms with E-state index >= 15 is 0 Å². The summed E-state index contributed by atoms with van der Waals surface area (Å²) in [4.78, 5) is 37.9. The molecule has 0 saturated carbocycles. The predicted octanol–water partition coefficient (Wildman–Crippen LogP) is 0.719. The maximum absolute atomic E-state index is 9.56. The van der Waals surface area contributed by atoms with E-state index in [2.05, 4.69) is 0 Å². The first-order chi connectivity index (χ1) is 6.33. The molecular weight excluding hydrogens is 172 g/mol. The van der Waals surface area contributed by atoms with Gasteiger partial charge in [-0.1, -0.05) is 0 Å². The van der Waals surface area contributed by atoms with E-state index in [0.29, 0.717) is 32.1 Å². The van der Waals surface area contributed by atoms with E-state index in [1.807, 2.05) is 0 Å². The molecule has 0 radical (unpaired) electrons. The van der Waals surface area contributed by atoms with Gasteiger partial charge in [0.2, 0.25) is 0 Å². The highest BCUT2D eigenvalue weighted by Crippen LogP contribution is 1.85. The Balaban J connectivity index is 0. The number of aldehydes is 4. The quantitative estimate of drug-likeness (QED) is 0.434. The molecule has 0 spiro atoms. The second-order valence-corrected chi connectivity index (χ2v) is 2.17. The Kier molecular flexibility index (Phi) is 18.6. The summed E-state index contributed by atoms with van der Waals surface area (Å²) in [7, 11) is 0. The second-order valence-electron chi connectivity index (χ2n) is 2.17. The smallest absolute Gasteiger partial charge is 0.120 e. The minimum absolute atomic E-state index is 0.365. The average Bonchev–Trinajstić information content (AvgIpc) is 2.17. The topological polar surface area (TPSA) is 68.3 Å². The molecule has 0 aliphatic carbocycles. The van der Waals surface area contributed by atoms with E-state index in [-0.39, 0.29) is 0 Å². The molecule has 0 unspecified atom stereocenters. The van der Waals surface area contributed by atoms with Gasteiger partial charge in [0.25, 0.3) is 0 Å². The van der Waals surface area contributed by atoms with Gasteiger partial charge in [0.05, 0.1) is 0 Å². The van der Waals surface area contributed by atoms with Crippen LogP contribution in [0.1, 0.15) is 32.1 Å². The molecule has 0 aliphatic rings. The lowest BCUT2D eigenvalue weighted by Crippen LogP contribution is -1.76. The molecule has 0 bridgehead atoms. The summed E-state index contributed by atoms with van der Waals surface area (Å²) in [5.41, 5.74) is 0. The zero-order valence-corrected chi connectivity index (χ0v) is 7.48. The number of rotatable bonds is 7. The number of carbonyl (C=O) groups excluding carboxylic acids is 4. The molecule has 0 rings (SSSR count). The molecule has 13 heavy (non-hydrogen) atoms. The van der Waals surface area contributed by atoms with Crippen molar-refractivity contribution in [2.45, 2.75) is 32.1 Å². The van der Waals surface area contributed by atoms with Crippen molar-refractivity contribution in [2.24, 2.45) is 0 Å². The Morgan fingerprint density at radius 3 is 1.08 bits per heavy atom. The van der Waals surface area contributed by atoms with Crippen molar-refractivity contribution in [2.75, 3.05) is 0 Å². The summed E-state index contributed by atoms with van der Waals surface area (Å²) in [5.74, 6) is 0. The summed E-state index contributed by atoms with van der Waals surface area (Å²) in [6, 6.07) is 0. The number of unbranched alkanes of at least 4 members (excludes halogenated alkanes) is 3. The van der Waals surface area contributed by atoms with Gasteiger partial charge < -0.3 is 19.2 Å². The lowest BCUT2D eigenvalue weighted by molar-refractivity contribution is -0.112. The first kappa shape index (κ1) is 14.2. The molecule has 74 valence electrons. The zero-order chi connectivity index (χ0) is 10.4. The Bertz CT molecular complexity index is 127. The normalized spacial score (nSPS) is 7.69. The largest absolute Gasteiger partial charge is 0.303 e. The van der Waals surface area contributed by atoms with Gasteiger partial charge in [-0.15, -0.1) is 0 Å². The molecule has 0 aromatic carbocycles. The first-order valence-corrected chi connectivity index (χ1v) is 4.08. The van der Waals surface area contributed by atoms with Gasteiger partial charge in [0.15, 0.2) is 0 Å². The number of carbonyl (C=O) groups is 4. The van der Waals surface area contributed by atoms with Crippen LogP contribution in [0.5, 0.6) is 0 Å². The molecule has 0 heterocycles. The van der Waals surface area contributed by atoms with Crippen LogP contribution in [0.15, 0.2) is 0 Å². The number of hydrogen-bond donors (Lipinski definition) is 0. The maximum atomic E-state index is 9.56. The van der Waals surface area contributed by atoms with Gasteiger partial charge in [-0.3, -0.25) is 0 Å². The minimum Gasteiger partial charge on any atom is -0.303 e. The lowest BCUT2D eigenvalue weighted by atomic mass is 10.3. The molecule has 0 amide bonds. The second kappa shape index (κ2) is 17.0. The highest BCUT2D eigenvalue weighted by Gasteiger charge is 1.80. The monoisotopic (exact) mass is 186 g/mol. The van der Waals surface area contributed by atoms with Gasteiger partial charge >= 0.3 is 0 Å². The highest BCUT2D eigenvalue weighted by molar-refractivity contribution is 5.58. The van der Waals surface area contributed by atoms with Crippen molar-refractivity contribution in [3.63, 3.8) is 0 Å². The summed E-state index contributed by atoms with van der Waals surface area (Å²) in [5, 5.41) is 0. The number of hydrogen-bond acceptors (Lipinski definition) is 4. The van der Waals surface area contributed by atoms with Gasteiger partial charge in [-0.05, 0) is 6.42 Å². The van der Waals surface area contributed by atoms with E-state index in [9.17, 15) is 19.2 Å². The zero-order valence-electron chi connectivity index (χ0n) is 7.48. The van der Waals surface area contributed by atoms with Crippen LogP contribution >= 0.6 is 0 Å². The third-order valence-corrected chi connectivity index (χ3v) is 1.05. The summed E-state index contributed by atoms with van der Waals surface area (Å²) in [6.45, 7) is 0. The van der Waals surface area contributed by atoms with Gasteiger partial charge in [-0.2, -0.15) is 0 Å². The standard InChI is InChI=1S/C5H8O2.C4H6O2/c6-4-2-1-3-5-7;5-3-1-2-4-6/h4-5H,1-3H2;3-4H,1-2H2. The van der Waals surface area contributed by atoms with Crippen LogP contribution in [0.25, 0.3) is 0 Å². The molecule has 0 N–H and O–H groups in total. The molecule has 0 fully saturated rings. The predicted molar refractivity (Wildman–Crippen MR) is 47.3 cm³/mol. The third-order valence-electron chi connectivity index (χ3n) is 1.05. The summed E-state index contributed by atoms with van der Waals surface area (Å²) < 4.78 is 0. The van der Waals surface area contributed by atoms with Crippen molar-refractivity contribution >= 4 is 25.1 Å². The Hall–Kier alpha value is -1.32.